The number of nitrogens with zero attached hydrogens (tertiary/aromatic N) is 1. The van der Waals surface area contributed by atoms with Crippen molar-refractivity contribution in [1.82, 2.24) is 5.32 Å². The van der Waals surface area contributed by atoms with E-state index in [4.69, 9.17) is 10.8 Å². The molecule has 0 saturated heterocycles. The molecule has 0 aliphatic carbocycles. The number of nitro benzene ring substituents is 1. The van der Waals surface area contributed by atoms with E-state index in [1.807, 2.05) is 0 Å². The van der Waals surface area contributed by atoms with Crippen molar-refractivity contribution < 1.29 is 19.6 Å². The standard InChI is InChI=1S/C13H18N4O5/c1-7(2)15-10(13(19)20)6-12(18)16-8-3-4-9(14)11(5-8)17(21)22/h3-5,7,10,15H,6,14H2,1-2H3,(H,16,18)(H,19,20). The third-order valence-corrected chi connectivity index (χ3v) is 2.73. The minimum atomic E-state index is -1.15. The molecule has 1 rings (SSSR count). The molecule has 0 saturated carbocycles. The lowest BCUT2D eigenvalue weighted by Gasteiger charge is -2.16. The topological polar surface area (TPSA) is 148 Å². The molecule has 9 nitrogen and oxygen atoms in total. The van der Waals surface area contributed by atoms with Crippen LogP contribution in [0.1, 0.15) is 20.3 Å². The van der Waals surface area contributed by atoms with Crippen LogP contribution in [0.3, 0.4) is 0 Å². The molecule has 22 heavy (non-hydrogen) atoms. The van der Waals surface area contributed by atoms with Crippen LogP contribution < -0.4 is 16.4 Å². The van der Waals surface area contributed by atoms with Crippen LogP contribution in [0.4, 0.5) is 17.1 Å². The van der Waals surface area contributed by atoms with E-state index >= 15 is 0 Å². The molecule has 120 valence electrons. The van der Waals surface area contributed by atoms with E-state index in [-0.39, 0.29) is 29.5 Å². The Labute approximate surface area is 126 Å². The highest BCUT2D eigenvalue weighted by molar-refractivity contribution is 5.94. The number of carbonyl (C=O) groups is 2. The zero-order chi connectivity index (χ0) is 16.9. The van der Waals surface area contributed by atoms with E-state index in [1.165, 1.54) is 12.1 Å². The number of amides is 1. The number of carboxylic acids is 1. The van der Waals surface area contributed by atoms with E-state index in [0.29, 0.717) is 0 Å². The molecule has 1 aromatic carbocycles. The number of benzene rings is 1. The first kappa shape index (κ1) is 17.4. The van der Waals surface area contributed by atoms with Crippen molar-refractivity contribution in [1.29, 1.82) is 0 Å². The van der Waals surface area contributed by atoms with Gasteiger partial charge in [0.05, 0.1) is 11.3 Å². The third-order valence-electron chi connectivity index (χ3n) is 2.73. The normalized spacial score (nSPS) is 12.0. The first-order valence-electron chi connectivity index (χ1n) is 6.53. The summed E-state index contributed by atoms with van der Waals surface area (Å²) < 4.78 is 0. The fraction of sp³-hybridized carbons (Fsp3) is 0.385. The van der Waals surface area contributed by atoms with Gasteiger partial charge in [-0.15, -0.1) is 0 Å². The highest BCUT2D eigenvalue weighted by atomic mass is 16.6. The second-order valence-electron chi connectivity index (χ2n) is 5.00. The van der Waals surface area contributed by atoms with Crippen LogP contribution in [-0.2, 0) is 9.59 Å². The fourth-order valence-corrected chi connectivity index (χ4v) is 1.80. The first-order valence-corrected chi connectivity index (χ1v) is 6.53. The molecule has 1 amide bonds. The van der Waals surface area contributed by atoms with Gasteiger partial charge in [0.2, 0.25) is 5.91 Å². The average Bonchev–Trinajstić information content (AvgIpc) is 2.39. The lowest BCUT2D eigenvalue weighted by Crippen LogP contribution is -2.43. The molecule has 1 unspecified atom stereocenters. The number of hydrogen-bond acceptors (Lipinski definition) is 6. The first-order chi connectivity index (χ1) is 10.2. The summed E-state index contributed by atoms with van der Waals surface area (Å²) in [6, 6.07) is 2.69. The number of nitro groups is 1. The lowest BCUT2D eigenvalue weighted by molar-refractivity contribution is -0.383. The molecule has 0 radical (unpaired) electrons. The van der Waals surface area contributed by atoms with Crippen molar-refractivity contribution in [3.05, 3.63) is 28.3 Å². The summed E-state index contributed by atoms with van der Waals surface area (Å²) in [7, 11) is 0. The smallest absolute Gasteiger partial charge is 0.321 e. The number of nitrogens with one attached hydrogen (secondary N) is 2. The molecule has 0 fully saturated rings. The third kappa shape index (κ3) is 5.02. The van der Waals surface area contributed by atoms with E-state index in [1.54, 1.807) is 13.8 Å². The average molecular weight is 310 g/mol. The van der Waals surface area contributed by atoms with Gasteiger partial charge < -0.3 is 21.5 Å². The Morgan fingerprint density at radius 1 is 1.41 bits per heavy atom. The molecule has 0 heterocycles. The Bertz CT molecular complexity index is 588. The summed E-state index contributed by atoms with van der Waals surface area (Å²) in [5.74, 6) is -1.72. The maximum Gasteiger partial charge on any atom is 0.321 e. The van der Waals surface area contributed by atoms with Gasteiger partial charge in [0.15, 0.2) is 0 Å². The largest absolute Gasteiger partial charge is 0.480 e. The Morgan fingerprint density at radius 2 is 2.05 bits per heavy atom. The number of aliphatic carboxylic acids is 1. The van der Waals surface area contributed by atoms with Crippen LogP contribution in [0, 0.1) is 10.1 Å². The second-order valence-corrected chi connectivity index (χ2v) is 5.00. The lowest BCUT2D eigenvalue weighted by atomic mass is 10.1. The number of anilines is 2. The summed E-state index contributed by atoms with van der Waals surface area (Å²) in [5.41, 5.74) is 5.29. The number of nitrogen functional groups attached to an aromatic ring is 1. The van der Waals surface area contributed by atoms with Crippen LogP contribution >= 0.6 is 0 Å². The van der Waals surface area contributed by atoms with Gasteiger partial charge in [-0.05, 0) is 12.1 Å². The van der Waals surface area contributed by atoms with Crippen molar-refractivity contribution in [3.63, 3.8) is 0 Å². The van der Waals surface area contributed by atoms with Crippen molar-refractivity contribution >= 4 is 28.9 Å². The van der Waals surface area contributed by atoms with Crippen LogP contribution in [0.25, 0.3) is 0 Å². The number of nitrogens with two attached hydrogens (primary N) is 1. The van der Waals surface area contributed by atoms with E-state index in [9.17, 15) is 19.7 Å². The predicted molar refractivity (Wildman–Crippen MR) is 80.5 cm³/mol. The van der Waals surface area contributed by atoms with Crippen LogP contribution in [-0.4, -0.2) is 34.0 Å². The van der Waals surface area contributed by atoms with Gasteiger partial charge in [0, 0.05) is 17.8 Å². The Balaban J connectivity index is 2.78. The molecule has 1 atom stereocenters. The Hall–Kier alpha value is -2.68. The van der Waals surface area contributed by atoms with Crippen LogP contribution in [0.15, 0.2) is 18.2 Å². The van der Waals surface area contributed by atoms with Gasteiger partial charge in [-0.2, -0.15) is 0 Å². The van der Waals surface area contributed by atoms with Crippen molar-refractivity contribution in [2.75, 3.05) is 11.1 Å². The summed E-state index contributed by atoms with van der Waals surface area (Å²) in [6.07, 6.45) is -0.300. The van der Waals surface area contributed by atoms with Crippen molar-refractivity contribution in [3.8, 4) is 0 Å². The van der Waals surface area contributed by atoms with Gasteiger partial charge in [-0.25, -0.2) is 0 Å². The maximum atomic E-state index is 11.9. The second kappa shape index (κ2) is 7.36. The highest BCUT2D eigenvalue weighted by Crippen LogP contribution is 2.25. The monoisotopic (exact) mass is 310 g/mol. The molecule has 1 aromatic rings. The number of carboxylic acid groups (broad SMARTS) is 1. The van der Waals surface area contributed by atoms with E-state index < -0.39 is 22.8 Å². The van der Waals surface area contributed by atoms with Crippen LogP contribution in [0.2, 0.25) is 0 Å². The van der Waals surface area contributed by atoms with Gasteiger partial charge in [-0.1, -0.05) is 13.8 Å². The number of rotatable bonds is 7. The molecule has 0 aliphatic rings. The summed E-state index contributed by atoms with van der Waals surface area (Å²) >= 11 is 0. The number of hydrogen-bond donors (Lipinski definition) is 4. The number of carbonyl (C=O) groups excluding carboxylic acids is 1. The summed E-state index contributed by atoms with van der Waals surface area (Å²) in [4.78, 5) is 33.0. The Morgan fingerprint density at radius 3 is 2.55 bits per heavy atom. The minimum absolute atomic E-state index is 0.0205. The molecular weight excluding hydrogens is 292 g/mol. The molecular formula is C13H18N4O5. The quantitative estimate of drug-likeness (QED) is 0.333. The SMILES string of the molecule is CC(C)NC(CC(=O)Nc1ccc(N)c([N+](=O)[O-])c1)C(=O)O. The Kier molecular flexibility index (Phi) is 5.81. The van der Waals surface area contributed by atoms with Gasteiger partial charge in [-0.3, -0.25) is 19.7 Å². The molecule has 5 N–H and O–H groups in total. The van der Waals surface area contributed by atoms with Crippen molar-refractivity contribution in [2.45, 2.75) is 32.4 Å². The fourth-order valence-electron chi connectivity index (χ4n) is 1.80. The molecule has 0 bridgehead atoms. The minimum Gasteiger partial charge on any atom is -0.480 e. The maximum absolute atomic E-state index is 11.9. The summed E-state index contributed by atoms with van der Waals surface area (Å²) in [6.45, 7) is 3.52. The predicted octanol–water partition coefficient (Wildman–Crippen LogP) is 0.957. The zero-order valence-corrected chi connectivity index (χ0v) is 12.2. The van der Waals surface area contributed by atoms with Crippen LogP contribution in [0.5, 0.6) is 0 Å². The molecule has 9 heteroatoms. The van der Waals surface area contributed by atoms with Gasteiger partial charge in [0.25, 0.3) is 5.69 Å². The zero-order valence-electron chi connectivity index (χ0n) is 12.2. The van der Waals surface area contributed by atoms with E-state index in [0.717, 1.165) is 6.07 Å². The summed E-state index contributed by atoms with van der Waals surface area (Å²) in [5, 5.41) is 25.0. The van der Waals surface area contributed by atoms with Gasteiger partial charge >= 0.3 is 5.97 Å². The molecule has 0 aromatic heterocycles. The van der Waals surface area contributed by atoms with E-state index in [2.05, 4.69) is 10.6 Å². The molecule has 0 aliphatic heterocycles. The van der Waals surface area contributed by atoms with Crippen molar-refractivity contribution in [2.24, 2.45) is 0 Å². The molecule has 0 spiro atoms. The van der Waals surface area contributed by atoms with Gasteiger partial charge in [0.1, 0.15) is 11.7 Å². The highest BCUT2D eigenvalue weighted by Gasteiger charge is 2.22.